The Balaban J connectivity index is 1.86. The Morgan fingerprint density at radius 2 is 1.65 bits per heavy atom. The SMILES string of the molecule is NC(=O)CN(CC1CCCO1)C(=O)Cc1c(C(F)(F)F)ccc2[nH]c(=O)n(Cc3c(F)c(F)c(F)c(F)c3F)c12. The van der Waals surface area contributed by atoms with Gasteiger partial charge < -0.3 is 20.4 Å². The number of carbonyl (C=O) groups excluding carboxylic acids is 2. The van der Waals surface area contributed by atoms with Crippen LogP contribution in [0.5, 0.6) is 0 Å². The Morgan fingerprint density at radius 3 is 2.20 bits per heavy atom. The van der Waals surface area contributed by atoms with E-state index in [0.29, 0.717) is 30.1 Å². The maximum absolute atomic E-state index is 14.4. The lowest BCUT2D eigenvalue weighted by molar-refractivity contribution is -0.139. The van der Waals surface area contributed by atoms with Crippen molar-refractivity contribution < 1.29 is 49.4 Å². The molecule has 1 aliphatic rings. The predicted octanol–water partition coefficient (Wildman–Crippen LogP) is 3.13. The Kier molecular flexibility index (Phi) is 7.92. The number of H-pyrrole nitrogens is 1. The largest absolute Gasteiger partial charge is 0.416 e. The maximum Gasteiger partial charge on any atom is 0.416 e. The second kappa shape index (κ2) is 10.9. The number of aromatic nitrogens is 2. The number of carbonyl (C=O) groups is 2. The van der Waals surface area contributed by atoms with Crippen LogP contribution in [-0.4, -0.2) is 52.1 Å². The van der Waals surface area contributed by atoms with Gasteiger partial charge in [-0.2, -0.15) is 13.2 Å². The molecule has 1 aromatic heterocycles. The van der Waals surface area contributed by atoms with Crippen molar-refractivity contribution in [2.24, 2.45) is 5.73 Å². The van der Waals surface area contributed by atoms with E-state index in [-0.39, 0.29) is 12.1 Å². The van der Waals surface area contributed by atoms with E-state index in [2.05, 4.69) is 4.98 Å². The minimum atomic E-state index is -5.10. The van der Waals surface area contributed by atoms with Crippen LogP contribution in [0.2, 0.25) is 0 Å². The number of ether oxygens (including phenoxy) is 1. The van der Waals surface area contributed by atoms with Gasteiger partial charge in [0.2, 0.25) is 17.6 Å². The normalized spacial score (nSPS) is 15.7. The average molecular weight is 580 g/mol. The molecule has 8 nitrogen and oxygen atoms in total. The Hall–Kier alpha value is -3.95. The number of halogens is 8. The van der Waals surface area contributed by atoms with Gasteiger partial charge in [-0.1, -0.05) is 0 Å². The third kappa shape index (κ3) is 5.52. The smallest absolute Gasteiger partial charge is 0.376 e. The molecule has 4 rings (SSSR count). The summed E-state index contributed by atoms with van der Waals surface area (Å²) >= 11 is 0. The van der Waals surface area contributed by atoms with Crippen molar-refractivity contribution in [3.05, 3.63) is 68.4 Å². The lowest BCUT2D eigenvalue weighted by atomic mass is 10.0. The summed E-state index contributed by atoms with van der Waals surface area (Å²) < 4.78 is 118. The number of primary amides is 1. The van der Waals surface area contributed by atoms with Gasteiger partial charge in [0.25, 0.3) is 0 Å². The van der Waals surface area contributed by atoms with Crippen molar-refractivity contribution in [3.8, 4) is 0 Å². The highest BCUT2D eigenvalue weighted by molar-refractivity contribution is 5.90. The highest BCUT2D eigenvalue weighted by Crippen LogP contribution is 2.36. The van der Waals surface area contributed by atoms with Crippen molar-refractivity contribution in [2.45, 2.75) is 38.1 Å². The van der Waals surface area contributed by atoms with Gasteiger partial charge in [-0.25, -0.2) is 26.7 Å². The van der Waals surface area contributed by atoms with E-state index in [1.54, 1.807) is 0 Å². The van der Waals surface area contributed by atoms with Crippen LogP contribution in [0.3, 0.4) is 0 Å². The summed E-state index contributed by atoms with van der Waals surface area (Å²) in [4.78, 5) is 40.5. The number of nitrogens with one attached hydrogen (secondary N) is 1. The van der Waals surface area contributed by atoms with E-state index >= 15 is 0 Å². The fourth-order valence-corrected chi connectivity index (χ4v) is 4.61. The molecule has 1 aliphatic heterocycles. The summed E-state index contributed by atoms with van der Waals surface area (Å²) in [6.07, 6.45) is -5.53. The molecule has 1 unspecified atom stereocenters. The number of alkyl halides is 3. The molecule has 2 aromatic carbocycles. The van der Waals surface area contributed by atoms with Crippen LogP contribution in [0.4, 0.5) is 35.1 Å². The van der Waals surface area contributed by atoms with Crippen LogP contribution in [-0.2, 0) is 33.5 Å². The molecule has 2 amide bonds. The molecule has 3 N–H and O–H groups in total. The van der Waals surface area contributed by atoms with Gasteiger partial charge in [-0.3, -0.25) is 14.2 Å². The Morgan fingerprint density at radius 1 is 1.02 bits per heavy atom. The average Bonchev–Trinajstić information content (AvgIpc) is 3.50. The highest BCUT2D eigenvalue weighted by Gasteiger charge is 2.37. The number of amides is 2. The van der Waals surface area contributed by atoms with Crippen molar-refractivity contribution in [3.63, 3.8) is 0 Å². The van der Waals surface area contributed by atoms with Crippen LogP contribution in [0.25, 0.3) is 11.0 Å². The van der Waals surface area contributed by atoms with Crippen molar-refractivity contribution >= 4 is 22.8 Å². The first kappa shape index (κ1) is 29.0. The molecule has 0 bridgehead atoms. The standard InChI is InChI=1S/C24H20F8N4O4/c25-17-12(18(26)20(28)21(29)19(17)27)8-36-22-11(13(24(30,31)32)3-4-14(22)34-23(36)39)6-16(38)35(9-15(33)37)7-10-2-1-5-40-10/h3-4,10H,1-2,5-9H2,(H2,33,37)(H,34,39). The maximum atomic E-state index is 14.4. The molecule has 0 spiro atoms. The van der Waals surface area contributed by atoms with E-state index in [0.717, 1.165) is 11.0 Å². The van der Waals surface area contributed by atoms with Crippen LogP contribution in [0, 0.1) is 29.1 Å². The van der Waals surface area contributed by atoms with Crippen LogP contribution in [0.15, 0.2) is 16.9 Å². The van der Waals surface area contributed by atoms with E-state index in [4.69, 9.17) is 10.5 Å². The van der Waals surface area contributed by atoms with E-state index in [1.807, 2.05) is 0 Å². The van der Waals surface area contributed by atoms with E-state index < -0.39 is 101 Å². The van der Waals surface area contributed by atoms with Gasteiger partial charge in [0.15, 0.2) is 23.3 Å². The fourth-order valence-electron chi connectivity index (χ4n) is 4.61. The number of benzene rings is 2. The first-order valence-electron chi connectivity index (χ1n) is 11.7. The molecular formula is C24H20F8N4O4. The second-order valence-electron chi connectivity index (χ2n) is 9.10. The number of fused-ring (bicyclic) bond motifs is 1. The third-order valence-electron chi connectivity index (χ3n) is 6.44. The highest BCUT2D eigenvalue weighted by atomic mass is 19.4. The zero-order valence-electron chi connectivity index (χ0n) is 20.3. The number of hydrogen-bond acceptors (Lipinski definition) is 4. The summed E-state index contributed by atoms with van der Waals surface area (Å²) in [7, 11) is 0. The minimum absolute atomic E-state index is 0.177. The number of hydrogen-bond donors (Lipinski definition) is 2. The van der Waals surface area contributed by atoms with E-state index in [9.17, 15) is 49.5 Å². The Bertz CT molecular complexity index is 1510. The second-order valence-corrected chi connectivity index (χ2v) is 9.10. The summed E-state index contributed by atoms with van der Waals surface area (Å²) in [5, 5.41) is 0. The molecule has 16 heteroatoms. The first-order valence-corrected chi connectivity index (χ1v) is 11.7. The zero-order valence-corrected chi connectivity index (χ0v) is 20.3. The molecule has 2 heterocycles. The molecule has 0 saturated carbocycles. The number of imidazole rings is 1. The zero-order chi connectivity index (χ0) is 29.5. The molecule has 216 valence electrons. The van der Waals surface area contributed by atoms with Gasteiger partial charge in [-0.15, -0.1) is 0 Å². The topological polar surface area (TPSA) is 110 Å². The molecule has 0 aliphatic carbocycles. The molecule has 0 radical (unpaired) electrons. The fraction of sp³-hybridized carbons (Fsp3) is 0.375. The summed E-state index contributed by atoms with van der Waals surface area (Å²) in [5.74, 6) is -13.7. The van der Waals surface area contributed by atoms with Crippen molar-refractivity contribution in [1.29, 1.82) is 0 Å². The summed E-state index contributed by atoms with van der Waals surface area (Å²) in [6.45, 7) is -1.84. The van der Waals surface area contributed by atoms with Gasteiger partial charge in [-0.05, 0) is 30.5 Å². The third-order valence-corrected chi connectivity index (χ3v) is 6.44. The van der Waals surface area contributed by atoms with Crippen LogP contribution in [0.1, 0.15) is 29.5 Å². The Labute approximate surface area is 219 Å². The summed E-state index contributed by atoms with van der Waals surface area (Å²) in [6, 6.07) is 1.37. The lowest BCUT2D eigenvalue weighted by Crippen LogP contribution is -2.43. The van der Waals surface area contributed by atoms with Gasteiger partial charge in [0, 0.05) is 18.7 Å². The molecule has 1 saturated heterocycles. The van der Waals surface area contributed by atoms with Crippen molar-refractivity contribution in [1.82, 2.24) is 14.5 Å². The predicted molar refractivity (Wildman–Crippen MR) is 121 cm³/mol. The van der Waals surface area contributed by atoms with Gasteiger partial charge in [0.05, 0.1) is 42.2 Å². The van der Waals surface area contributed by atoms with Crippen LogP contribution < -0.4 is 11.4 Å². The summed E-state index contributed by atoms with van der Waals surface area (Å²) in [5.41, 5.74) is -0.747. The molecule has 40 heavy (non-hydrogen) atoms. The molecule has 3 aromatic rings. The van der Waals surface area contributed by atoms with Crippen molar-refractivity contribution in [2.75, 3.05) is 19.7 Å². The van der Waals surface area contributed by atoms with Gasteiger partial charge >= 0.3 is 11.9 Å². The number of nitrogens with two attached hydrogens (primary N) is 1. The van der Waals surface area contributed by atoms with Gasteiger partial charge in [0.1, 0.15) is 0 Å². The molecule has 1 fully saturated rings. The number of rotatable bonds is 8. The molecule has 1 atom stereocenters. The van der Waals surface area contributed by atoms with Crippen LogP contribution >= 0.6 is 0 Å². The monoisotopic (exact) mass is 580 g/mol. The number of aromatic amines is 1. The first-order chi connectivity index (χ1) is 18.7. The minimum Gasteiger partial charge on any atom is -0.376 e. The number of nitrogens with zero attached hydrogens (tertiary/aromatic N) is 2. The van der Waals surface area contributed by atoms with E-state index in [1.165, 1.54) is 0 Å². The quantitative estimate of drug-likeness (QED) is 0.243. The molecular weight excluding hydrogens is 560 g/mol. The lowest BCUT2D eigenvalue weighted by Gasteiger charge is -2.25.